The van der Waals surface area contributed by atoms with Crippen molar-refractivity contribution in [2.45, 2.75) is 56.9 Å². The number of nitrogens with zero attached hydrogens (tertiary/aromatic N) is 4. The van der Waals surface area contributed by atoms with Crippen LogP contribution in [0.1, 0.15) is 61.9 Å². The Morgan fingerprint density at radius 2 is 1.83 bits per heavy atom. The van der Waals surface area contributed by atoms with E-state index >= 15 is 0 Å². The van der Waals surface area contributed by atoms with E-state index in [9.17, 15) is 4.79 Å². The highest BCUT2D eigenvalue weighted by Crippen LogP contribution is 2.36. The topological polar surface area (TPSA) is 41.4 Å². The van der Waals surface area contributed by atoms with E-state index < -0.39 is 0 Å². The number of aromatic nitrogens is 2. The second kappa shape index (κ2) is 7.04. The molecule has 1 aromatic rings. The number of likely N-dealkylation sites (N-methyl/N-ethyl adjacent to an activating group) is 1. The van der Waals surface area contributed by atoms with E-state index in [1.54, 1.807) is 12.5 Å². The van der Waals surface area contributed by atoms with Crippen molar-refractivity contribution in [2.24, 2.45) is 7.05 Å². The van der Waals surface area contributed by atoms with E-state index in [1.807, 2.05) is 23.6 Å². The summed E-state index contributed by atoms with van der Waals surface area (Å²) in [6.45, 7) is 3.25. The fraction of sp³-hybridized carbons (Fsp3) is 0.778. The van der Waals surface area contributed by atoms with E-state index in [0.29, 0.717) is 5.69 Å². The fourth-order valence-electron chi connectivity index (χ4n) is 4.42. The number of carbonyl (C=O) groups is 1. The molecule has 0 bridgehead atoms. The van der Waals surface area contributed by atoms with Gasteiger partial charge in [-0.05, 0) is 38.8 Å². The Morgan fingerprint density at radius 1 is 1.17 bits per heavy atom. The minimum Gasteiger partial charge on any atom is -0.339 e. The minimum absolute atomic E-state index is 0.0898. The van der Waals surface area contributed by atoms with E-state index in [4.69, 9.17) is 0 Å². The molecule has 23 heavy (non-hydrogen) atoms. The van der Waals surface area contributed by atoms with E-state index in [0.717, 1.165) is 6.54 Å². The zero-order valence-electron chi connectivity index (χ0n) is 14.6. The Morgan fingerprint density at radius 3 is 2.43 bits per heavy atom. The third kappa shape index (κ3) is 3.44. The minimum atomic E-state index is 0.0898. The average Bonchev–Trinajstić information content (AvgIpc) is 3.02. The molecular formula is C18H30N4O. The number of imidazole rings is 1. The lowest BCUT2D eigenvalue weighted by atomic mass is 9.78. The average molecular weight is 318 g/mol. The van der Waals surface area contributed by atoms with Gasteiger partial charge in [-0.3, -0.25) is 9.69 Å². The number of rotatable bonds is 4. The third-order valence-electron chi connectivity index (χ3n) is 5.73. The Bertz CT molecular complexity index is 527. The Labute approximate surface area is 139 Å². The highest BCUT2D eigenvalue weighted by Gasteiger charge is 2.40. The predicted molar refractivity (Wildman–Crippen MR) is 91.4 cm³/mol. The number of hydrogen-bond donors (Lipinski definition) is 0. The zero-order chi connectivity index (χ0) is 16.3. The molecule has 2 aliphatic rings. The van der Waals surface area contributed by atoms with Crippen LogP contribution < -0.4 is 0 Å². The van der Waals surface area contributed by atoms with Crippen LogP contribution in [0.2, 0.25) is 0 Å². The molecule has 0 atom stereocenters. The van der Waals surface area contributed by atoms with Gasteiger partial charge in [0.15, 0.2) is 0 Å². The molecule has 2 fully saturated rings. The van der Waals surface area contributed by atoms with E-state index in [1.165, 1.54) is 64.5 Å². The van der Waals surface area contributed by atoms with Crippen molar-refractivity contribution in [1.29, 1.82) is 0 Å². The molecule has 3 rings (SSSR count). The van der Waals surface area contributed by atoms with Gasteiger partial charge in [0.2, 0.25) is 0 Å². The summed E-state index contributed by atoms with van der Waals surface area (Å²) in [7, 11) is 3.84. The maximum Gasteiger partial charge on any atom is 0.271 e. The molecule has 1 aliphatic carbocycles. The number of likely N-dealkylation sites (tertiary alicyclic amines) is 1. The van der Waals surface area contributed by atoms with Gasteiger partial charge in [0.25, 0.3) is 5.91 Å². The lowest BCUT2D eigenvalue weighted by molar-refractivity contribution is 0.00965. The summed E-state index contributed by atoms with van der Waals surface area (Å²) in [5.41, 5.74) is 0.874. The van der Waals surface area contributed by atoms with Crippen LogP contribution in [0, 0.1) is 0 Å². The highest BCUT2D eigenvalue weighted by atomic mass is 16.2. The van der Waals surface area contributed by atoms with Crippen molar-refractivity contribution in [3.8, 4) is 0 Å². The normalized spacial score (nSPS) is 22.0. The Balaban J connectivity index is 1.75. The molecule has 1 aliphatic heterocycles. The van der Waals surface area contributed by atoms with Crippen molar-refractivity contribution >= 4 is 5.91 Å². The molecule has 5 nitrogen and oxygen atoms in total. The highest BCUT2D eigenvalue weighted by molar-refractivity contribution is 5.92. The molecule has 1 aromatic heterocycles. The molecule has 128 valence electrons. The lowest BCUT2D eigenvalue weighted by Crippen LogP contribution is -2.58. The van der Waals surface area contributed by atoms with Gasteiger partial charge in [0, 0.05) is 26.2 Å². The first kappa shape index (κ1) is 16.5. The van der Waals surface area contributed by atoms with Gasteiger partial charge in [0.05, 0.1) is 12.5 Å². The van der Waals surface area contributed by atoms with Gasteiger partial charge in [-0.1, -0.05) is 25.7 Å². The van der Waals surface area contributed by atoms with Crippen LogP contribution in [0.15, 0.2) is 12.5 Å². The number of piperidine rings is 1. The molecular weight excluding hydrogens is 288 g/mol. The number of hydrogen-bond acceptors (Lipinski definition) is 3. The fourth-order valence-corrected chi connectivity index (χ4v) is 4.42. The van der Waals surface area contributed by atoms with Crippen LogP contribution in [0.3, 0.4) is 0 Å². The Kier molecular flexibility index (Phi) is 5.05. The van der Waals surface area contributed by atoms with Gasteiger partial charge in [-0.2, -0.15) is 0 Å². The maximum atomic E-state index is 12.8. The quantitative estimate of drug-likeness (QED) is 0.857. The summed E-state index contributed by atoms with van der Waals surface area (Å²) >= 11 is 0. The van der Waals surface area contributed by atoms with Gasteiger partial charge in [0.1, 0.15) is 5.69 Å². The van der Waals surface area contributed by atoms with Crippen LogP contribution in [0.5, 0.6) is 0 Å². The monoisotopic (exact) mass is 318 g/mol. The summed E-state index contributed by atoms with van der Waals surface area (Å²) in [5.74, 6) is 0.0898. The van der Waals surface area contributed by atoms with Crippen molar-refractivity contribution in [2.75, 3.05) is 26.7 Å². The standard InChI is InChI=1S/C18H30N4O/c1-20(17(23)16-13-19-15-21(16)2)14-18(9-5-3-6-10-18)22-11-7-4-8-12-22/h13,15H,3-12,14H2,1-2H3. The van der Waals surface area contributed by atoms with E-state index in [-0.39, 0.29) is 11.4 Å². The Hall–Kier alpha value is -1.36. The summed E-state index contributed by atoms with van der Waals surface area (Å²) in [4.78, 5) is 21.5. The first-order valence-corrected chi connectivity index (χ1v) is 9.09. The van der Waals surface area contributed by atoms with Crippen LogP contribution in [0.25, 0.3) is 0 Å². The van der Waals surface area contributed by atoms with E-state index in [2.05, 4.69) is 9.88 Å². The zero-order valence-corrected chi connectivity index (χ0v) is 14.6. The maximum absolute atomic E-state index is 12.8. The second-order valence-corrected chi connectivity index (χ2v) is 7.38. The smallest absolute Gasteiger partial charge is 0.271 e. The van der Waals surface area contributed by atoms with Crippen LogP contribution in [-0.4, -0.2) is 57.5 Å². The SMILES string of the molecule is CN(CC1(N2CCCCC2)CCCCC1)C(=O)c1cncn1C. The van der Waals surface area contributed by atoms with Gasteiger partial charge >= 0.3 is 0 Å². The number of aryl methyl sites for hydroxylation is 1. The van der Waals surface area contributed by atoms with Crippen LogP contribution in [-0.2, 0) is 7.05 Å². The van der Waals surface area contributed by atoms with Crippen LogP contribution in [0.4, 0.5) is 0 Å². The summed E-state index contributed by atoms with van der Waals surface area (Å²) in [5, 5.41) is 0. The van der Waals surface area contributed by atoms with Gasteiger partial charge in [-0.25, -0.2) is 4.98 Å². The molecule has 0 unspecified atom stereocenters. The molecule has 1 saturated carbocycles. The van der Waals surface area contributed by atoms with Gasteiger partial charge < -0.3 is 9.47 Å². The summed E-state index contributed by atoms with van der Waals surface area (Å²) in [6, 6.07) is 0. The molecule has 0 spiro atoms. The molecule has 5 heteroatoms. The largest absolute Gasteiger partial charge is 0.339 e. The number of carbonyl (C=O) groups excluding carboxylic acids is 1. The van der Waals surface area contributed by atoms with Crippen molar-refractivity contribution in [1.82, 2.24) is 19.4 Å². The second-order valence-electron chi connectivity index (χ2n) is 7.38. The molecule has 0 N–H and O–H groups in total. The molecule has 0 aromatic carbocycles. The first-order chi connectivity index (χ1) is 11.1. The number of amides is 1. The van der Waals surface area contributed by atoms with Gasteiger partial charge in [-0.15, -0.1) is 0 Å². The van der Waals surface area contributed by atoms with Crippen LogP contribution >= 0.6 is 0 Å². The summed E-state index contributed by atoms with van der Waals surface area (Å²) < 4.78 is 1.81. The van der Waals surface area contributed by atoms with Crippen molar-refractivity contribution in [3.63, 3.8) is 0 Å². The first-order valence-electron chi connectivity index (χ1n) is 9.09. The summed E-state index contributed by atoms with van der Waals surface area (Å²) in [6.07, 6.45) is 13.7. The predicted octanol–water partition coefficient (Wildman–Crippen LogP) is 2.68. The molecule has 0 radical (unpaired) electrons. The molecule has 1 saturated heterocycles. The molecule has 2 heterocycles. The third-order valence-corrected chi connectivity index (χ3v) is 5.73. The van der Waals surface area contributed by atoms with Crippen molar-refractivity contribution < 1.29 is 4.79 Å². The lowest BCUT2D eigenvalue weighted by Gasteiger charge is -2.49. The van der Waals surface area contributed by atoms with Crippen molar-refractivity contribution in [3.05, 3.63) is 18.2 Å². The molecule has 1 amide bonds.